The summed E-state index contributed by atoms with van der Waals surface area (Å²) in [6.45, 7) is 4.03. The van der Waals surface area contributed by atoms with Crippen molar-refractivity contribution in [3.05, 3.63) is 47.3 Å². The molecule has 0 fully saturated rings. The van der Waals surface area contributed by atoms with Gasteiger partial charge in [0.05, 0.1) is 31.2 Å². The SMILES string of the molecule is COc1ccc(-c2noc(CNc3cc(S(=O)(=O)N(C)C)cc(C)c3C)n2)c(OC)c1. The van der Waals surface area contributed by atoms with Gasteiger partial charge in [0.1, 0.15) is 11.5 Å². The largest absolute Gasteiger partial charge is 0.497 e. The summed E-state index contributed by atoms with van der Waals surface area (Å²) in [7, 11) is 2.60. The molecule has 166 valence electrons. The van der Waals surface area contributed by atoms with E-state index >= 15 is 0 Å². The van der Waals surface area contributed by atoms with Crippen LogP contribution in [-0.2, 0) is 16.6 Å². The summed E-state index contributed by atoms with van der Waals surface area (Å²) in [4.78, 5) is 4.64. The van der Waals surface area contributed by atoms with Crippen LogP contribution in [0.25, 0.3) is 11.4 Å². The van der Waals surface area contributed by atoms with Crippen LogP contribution >= 0.6 is 0 Å². The number of nitrogens with one attached hydrogen (secondary N) is 1. The first-order valence-electron chi connectivity index (χ1n) is 9.50. The van der Waals surface area contributed by atoms with Gasteiger partial charge >= 0.3 is 0 Å². The first kappa shape index (κ1) is 22.6. The Morgan fingerprint density at radius 2 is 1.84 bits per heavy atom. The van der Waals surface area contributed by atoms with Crippen LogP contribution in [0.3, 0.4) is 0 Å². The normalized spacial score (nSPS) is 11.6. The minimum absolute atomic E-state index is 0.220. The fourth-order valence-corrected chi connectivity index (χ4v) is 3.97. The van der Waals surface area contributed by atoms with Gasteiger partial charge in [0.2, 0.25) is 21.7 Å². The van der Waals surface area contributed by atoms with Crippen LogP contribution in [0.5, 0.6) is 11.5 Å². The molecule has 3 aromatic rings. The van der Waals surface area contributed by atoms with Crippen molar-refractivity contribution in [2.45, 2.75) is 25.3 Å². The highest BCUT2D eigenvalue weighted by Gasteiger charge is 2.20. The van der Waals surface area contributed by atoms with Gasteiger partial charge in [0.15, 0.2) is 0 Å². The lowest BCUT2D eigenvalue weighted by Crippen LogP contribution is -2.22. The lowest BCUT2D eigenvalue weighted by molar-refractivity contribution is 0.382. The van der Waals surface area contributed by atoms with Crippen LogP contribution in [0.1, 0.15) is 17.0 Å². The van der Waals surface area contributed by atoms with E-state index in [1.807, 2.05) is 13.8 Å². The van der Waals surface area contributed by atoms with Crippen LogP contribution < -0.4 is 14.8 Å². The lowest BCUT2D eigenvalue weighted by atomic mass is 10.1. The molecule has 31 heavy (non-hydrogen) atoms. The average Bonchev–Trinajstić information content (AvgIpc) is 3.22. The van der Waals surface area contributed by atoms with Crippen LogP contribution in [0.4, 0.5) is 5.69 Å². The molecule has 0 aliphatic rings. The van der Waals surface area contributed by atoms with Gasteiger partial charge in [-0.1, -0.05) is 5.16 Å². The minimum Gasteiger partial charge on any atom is -0.497 e. The molecule has 2 aromatic carbocycles. The average molecular weight is 447 g/mol. The van der Waals surface area contributed by atoms with Gasteiger partial charge in [-0.25, -0.2) is 12.7 Å². The minimum atomic E-state index is -3.55. The fraction of sp³-hybridized carbons (Fsp3) is 0.333. The molecule has 0 saturated heterocycles. The number of rotatable bonds is 8. The number of ether oxygens (including phenoxy) is 2. The molecule has 0 bridgehead atoms. The number of anilines is 1. The molecule has 9 nitrogen and oxygen atoms in total. The maximum atomic E-state index is 12.5. The molecule has 3 rings (SSSR count). The second-order valence-electron chi connectivity index (χ2n) is 7.13. The fourth-order valence-electron chi connectivity index (χ4n) is 2.96. The number of hydrogen-bond acceptors (Lipinski definition) is 8. The summed E-state index contributed by atoms with van der Waals surface area (Å²) in [6.07, 6.45) is 0. The van der Waals surface area contributed by atoms with Crippen LogP contribution in [-0.4, -0.2) is 51.2 Å². The van der Waals surface area contributed by atoms with Gasteiger partial charge in [-0.3, -0.25) is 0 Å². The van der Waals surface area contributed by atoms with Gasteiger partial charge in [-0.2, -0.15) is 4.98 Å². The second-order valence-corrected chi connectivity index (χ2v) is 9.28. The Morgan fingerprint density at radius 1 is 1.10 bits per heavy atom. The molecule has 0 atom stereocenters. The number of aryl methyl sites for hydroxylation is 1. The van der Waals surface area contributed by atoms with Gasteiger partial charge in [-0.15, -0.1) is 0 Å². The zero-order valence-corrected chi connectivity index (χ0v) is 19.2. The van der Waals surface area contributed by atoms with Crippen molar-refractivity contribution in [3.63, 3.8) is 0 Å². The number of benzene rings is 2. The third-order valence-electron chi connectivity index (χ3n) is 4.97. The Bertz CT molecular complexity index is 1190. The summed E-state index contributed by atoms with van der Waals surface area (Å²) in [5.74, 6) is 1.95. The van der Waals surface area contributed by atoms with Crippen molar-refractivity contribution in [2.75, 3.05) is 33.6 Å². The van der Waals surface area contributed by atoms with Crippen molar-refractivity contribution >= 4 is 15.7 Å². The molecular weight excluding hydrogens is 420 g/mol. The number of sulfonamides is 1. The molecular formula is C21H26N4O5S. The highest BCUT2D eigenvalue weighted by Crippen LogP contribution is 2.32. The summed E-state index contributed by atoms with van der Waals surface area (Å²) < 4.78 is 42.2. The molecule has 0 spiro atoms. The molecule has 0 amide bonds. The molecule has 10 heteroatoms. The van der Waals surface area contributed by atoms with Crippen molar-refractivity contribution < 1.29 is 22.4 Å². The molecule has 0 aliphatic carbocycles. The molecule has 1 N–H and O–H groups in total. The Hall–Kier alpha value is -3.11. The topological polar surface area (TPSA) is 107 Å². The Morgan fingerprint density at radius 3 is 2.48 bits per heavy atom. The smallest absolute Gasteiger partial charge is 0.246 e. The van der Waals surface area contributed by atoms with Crippen molar-refractivity contribution in [1.82, 2.24) is 14.4 Å². The van der Waals surface area contributed by atoms with E-state index in [9.17, 15) is 8.42 Å². The maximum absolute atomic E-state index is 12.5. The third kappa shape index (κ3) is 4.64. The lowest BCUT2D eigenvalue weighted by Gasteiger charge is -2.16. The molecule has 0 aliphatic heterocycles. The predicted octanol–water partition coefficient (Wildman–Crippen LogP) is 3.23. The van der Waals surface area contributed by atoms with Crippen LogP contribution in [0, 0.1) is 13.8 Å². The monoisotopic (exact) mass is 446 g/mol. The quantitative estimate of drug-likeness (QED) is 0.562. The highest BCUT2D eigenvalue weighted by molar-refractivity contribution is 7.89. The van der Waals surface area contributed by atoms with E-state index in [0.717, 1.165) is 11.1 Å². The summed E-state index contributed by atoms with van der Waals surface area (Å²) in [5.41, 5.74) is 3.15. The zero-order valence-electron chi connectivity index (χ0n) is 18.4. The number of aromatic nitrogens is 2. The van der Waals surface area contributed by atoms with Crippen LogP contribution in [0.2, 0.25) is 0 Å². The number of nitrogens with zero attached hydrogens (tertiary/aromatic N) is 3. The van der Waals surface area contributed by atoms with E-state index in [1.54, 1.807) is 44.6 Å². The van der Waals surface area contributed by atoms with Gasteiger partial charge in [0, 0.05) is 25.8 Å². The Labute approximate surface area is 182 Å². The van der Waals surface area contributed by atoms with Crippen molar-refractivity contribution in [2.24, 2.45) is 0 Å². The van der Waals surface area contributed by atoms with Gasteiger partial charge in [-0.05, 0) is 49.2 Å². The van der Waals surface area contributed by atoms with Gasteiger partial charge < -0.3 is 19.3 Å². The van der Waals surface area contributed by atoms with E-state index in [1.165, 1.54) is 18.4 Å². The van der Waals surface area contributed by atoms with Crippen molar-refractivity contribution in [3.8, 4) is 22.9 Å². The molecule has 0 unspecified atom stereocenters. The number of methoxy groups -OCH3 is 2. The van der Waals surface area contributed by atoms with E-state index in [0.29, 0.717) is 34.5 Å². The van der Waals surface area contributed by atoms with E-state index in [4.69, 9.17) is 14.0 Å². The standard InChI is InChI=1S/C21H26N4O5S/c1-13-9-16(31(26,27)25(3)4)11-18(14(13)2)22-12-20-23-21(24-30-20)17-8-7-15(28-5)10-19(17)29-6/h7-11,22H,12H2,1-6H3. The molecule has 1 heterocycles. The third-order valence-corrected chi connectivity index (χ3v) is 6.76. The Balaban J connectivity index is 1.84. The zero-order chi connectivity index (χ0) is 22.8. The molecule has 0 saturated carbocycles. The van der Waals surface area contributed by atoms with E-state index in [-0.39, 0.29) is 11.4 Å². The van der Waals surface area contributed by atoms with Crippen molar-refractivity contribution in [1.29, 1.82) is 0 Å². The summed E-state index contributed by atoms with van der Waals surface area (Å²) >= 11 is 0. The summed E-state index contributed by atoms with van der Waals surface area (Å²) in [6, 6.07) is 8.60. The first-order valence-corrected chi connectivity index (χ1v) is 10.9. The van der Waals surface area contributed by atoms with E-state index < -0.39 is 10.0 Å². The molecule has 0 radical (unpaired) electrons. The highest BCUT2D eigenvalue weighted by atomic mass is 32.2. The van der Waals surface area contributed by atoms with Crippen LogP contribution in [0.15, 0.2) is 39.8 Å². The van der Waals surface area contributed by atoms with E-state index in [2.05, 4.69) is 15.5 Å². The summed E-state index contributed by atoms with van der Waals surface area (Å²) in [5, 5.41) is 7.24. The first-order chi connectivity index (χ1) is 14.7. The molecule has 1 aromatic heterocycles. The Kier molecular flexibility index (Phi) is 6.51. The maximum Gasteiger partial charge on any atom is 0.246 e. The van der Waals surface area contributed by atoms with Gasteiger partial charge in [0.25, 0.3) is 0 Å². The number of hydrogen-bond donors (Lipinski definition) is 1. The second kappa shape index (κ2) is 8.94. The predicted molar refractivity (Wildman–Crippen MR) is 117 cm³/mol.